The van der Waals surface area contributed by atoms with Gasteiger partial charge in [0.05, 0.1) is 11.0 Å². The van der Waals surface area contributed by atoms with Crippen LogP contribution in [0.15, 0.2) is 60.9 Å². The van der Waals surface area contributed by atoms with Gasteiger partial charge in [-0.15, -0.1) is 0 Å². The molecule has 1 fully saturated rings. The van der Waals surface area contributed by atoms with Gasteiger partial charge in [-0.2, -0.15) is 0 Å². The van der Waals surface area contributed by atoms with Crippen molar-refractivity contribution >= 4 is 28.8 Å². The Kier molecular flexibility index (Phi) is 5.77. The normalized spacial score (nSPS) is 14.2. The van der Waals surface area contributed by atoms with Gasteiger partial charge in [-0.1, -0.05) is 12.1 Å². The first kappa shape index (κ1) is 21.4. The summed E-state index contributed by atoms with van der Waals surface area (Å²) < 4.78 is 10.8. The van der Waals surface area contributed by atoms with Crippen molar-refractivity contribution in [1.82, 2.24) is 19.9 Å². The highest BCUT2D eigenvalue weighted by molar-refractivity contribution is 6.08. The smallest absolute Gasteiger partial charge is 0.450 e. The molecule has 10 nitrogen and oxygen atoms in total. The number of rotatable bonds is 6. The van der Waals surface area contributed by atoms with E-state index in [1.807, 2.05) is 29.2 Å². The number of fused-ring (bicyclic) bond motifs is 1. The first-order valence-corrected chi connectivity index (χ1v) is 10.8. The maximum atomic E-state index is 12.8. The predicted molar refractivity (Wildman–Crippen MR) is 122 cm³/mol. The summed E-state index contributed by atoms with van der Waals surface area (Å²) in [5, 5.41) is 8.80. The van der Waals surface area contributed by atoms with Crippen molar-refractivity contribution in [3.63, 3.8) is 0 Å². The Morgan fingerprint density at radius 3 is 2.47 bits per heavy atom. The Balaban J connectivity index is 1.28. The number of nitrogens with zero attached hydrogens (tertiary/aromatic N) is 4. The molecular formula is C24H21N5O5. The van der Waals surface area contributed by atoms with E-state index >= 15 is 0 Å². The molecule has 10 heteroatoms. The van der Waals surface area contributed by atoms with Crippen LogP contribution in [0.4, 0.5) is 10.6 Å². The van der Waals surface area contributed by atoms with E-state index in [2.05, 4.69) is 19.9 Å². The molecule has 1 aliphatic heterocycles. The van der Waals surface area contributed by atoms with Crippen molar-refractivity contribution in [3.05, 3.63) is 72.3 Å². The van der Waals surface area contributed by atoms with E-state index in [0.29, 0.717) is 48.9 Å². The molecule has 5 rings (SSSR count). The molecule has 34 heavy (non-hydrogen) atoms. The van der Waals surface area contributed by atoms with Crippen molar-refractivity contribution in [2.45, 2.75) is 18.9 Å². The van der Waals surface area contributed by atoms with Crippen LogP contribution in [0.1, 0.15) is 29.0 Å². The van der Waals surface area contributed by atoms with Gasteiger partial charge in [0.1, 0.15) is 11.9 Å². The van der Waals surface area contributed by atoms with E-state index in [9.17, 15) is 9.59 Å². The van der Waals surface area contributed by atoms with Crippen LogP contribution < -0.4 is 9.64 Å². The minimum atomic E-state index is -1.26. The fourth-order valence-electron chi connectivity index (χ4n) is 3.92. The van der Waals surface area contributed by atoms with E-state index < -0.39 is 6.16 Å². The van der Waals surface area contributed by atoms with Crippen LogP contribution in [0.3, 0.4) is 0 Å². The topological polar surface area (TPSA) is 131 Å². The molecule has 172 valence electrons. The fraction of sp³-hybridized carbons (Fsp3) is 0.208. The molecule has 0 spiro atoms. The van der Waals surface area contributed by atoms with Gasteiger partial charge in [0, 0.05) is 43.9 Å². The highest BCUT2D eigenvalue weighted by Crippen LogP contribution is 2.30. The number of anilines is 1. The molecule has 0 atom stereocenters. The largest absolute Gasteiger partial charge is 0.506 e. The van der Waals surface area contributed by atoms with Crippen molar-refractivity contribution in [2.24, 2.45) is 0 Å². The molecule has 3 heterocycles. The summed E-state index contributed by atoms with van der Waals surface area (Å²) in [5.41, 5.74) is 2.02. The van der Waals surface area contributed by atoms with E-state index in [4.69, 9.17) is 14.6 Å². The molecule has 2 aromatic heterocycles. The number of para-hydroxylation sites is 2. The summed E-state index contributed by atoms with van der Waals surface area (Å²) in [5.74, 6) is 1.47. The van der Waals surface area contributed by atoms with Gasteiger partial charge in [-0.3, -0.25) is 4.79 Å². The quantitative estimate of drug-likeness (QED) is 0.324. The zero-order chi connectivity index (χ0) is 23.5. The number of imidazole rings is 1. The predicted octanol–water partition coefficient (Wildman–Crippen LogP) is 4.04. The van der Waals surface area contributed by atoms with Crippen LogP contribution >= 0.6 is 0 Å². The van der Waals surface area contributed by atoms with Crippen LogP contribution in [-0.2, 0) is 4.74 Å². The van der Waals surface area contributed by atoms with Gasteiger partial charge in [-0.05, 0) is 36.4 Å². The summed E-state index contributed by atoms with van der Waals surface area (Å²) in [6.07, 6.45) is 2.65. The minimum absolute atomic E-state index is 0.214. The van der Waals surface area contributed by atoms with Crippen molar-refractivity contribution in [1.29, 1.82) is 0 Å². The second kappa shape index (κ2) is 9.18. The molecule has 0 radical (unpaired) electrons. The molecule has 1 saturated heterocycles. The minimum Gasteiger partial charge on any atom is -0.450 e. The molecule has 0 aliphatic carbocycles. The monoisotopic (exact) mass is 459 g/mol. The maximum Gasteiger partial charge on any atom is 0.506 e. The summed E-state index contributed by atoms with van der Waals surface area (Å²) in [7, 11) is 0. The van der Waals surface area contributed by atoms with Gasteiger partial charge < -0.3 is 24.5 Å². The number of aromatic nitrogens is 4. The third-order valence-corrected chi connectivity index (χ3v) is 5.59. The van der Waals surface area contributed by atoms with E-state index in [1.165, 1.54) is 0 Å². The molecule has 4 aromatic rings. The molecule has 1 aliphatic rings. The zero-order valence-corrected chi connectivity index (χ0v) is 18.0. The van der Waals surface area contributed by atoms with Crippen LogP contribution in [-0.4, -0.2) is 56.2 Å². The number of carboxylic acid groups (broad SMARTS) is 1. The van der Waals surface area contributed by atoms with E-state index in [-0.39, 0.29) is 17.7 Å². The second-order valence-electron chi connectivity index (χ2n) is 7.81. The van der Waals surface area contributed by atoms with Crippen molar-refractivity contribution < 1.29 is 24.2 Å². The number of carbonyl (C=O) groups is 2. The summed E-state index contributed by atoms with van der Waals surface area (Å²) in [6, 6.07) is 14.2. The number of aromatic amines is 1. The molecule has 0 saturated carbocycles. The Morgan fingerprint density at radius 1 is 1.00 bits per heavy atom. The summed E-state index contributed by atoms with van der Waals surface area (Å²) in [4.78, 5) is 41.7. The molecule has 0 unspecified atom stereocenters. The molecule has 2 aromatic carbocycles. The van der Waals surface area contributed by atoms with Crippen LogP contribution in [0.5, 0.6) is 11.6 Å². The number of piperidine rings is 1. The lowest BCUT2D eigenvalue weighted by Crippen LogP contribution is -2.38. The van der Waals surface area contributed by atoms with Crippen LogP contribution in [0.2, 0.25) is 0 Å². The first-order valence-electron chi connectivity index (χ1n) is 10.8. The summed E-state index contributed by atoms with van der Waals surface area (Å²) in [6.45, 7) is 1.13. The van der Waals surface area contributed by atoms with Gasteiger partial charge in [0.15, 0.2) is 11.6 Å². The van der Waals surface area contributed by atoms with Gasteiger partial charge in [0.2, 0.25) is 5.78 Å². The van der Waals surface area contributed by atoms with Gasteiger partial charge in [0.25, 0.3) is 5.88 Å². The number of hydrogen-bond acceptors (Lipinski definition) is 8. The Labute approximate surface area is 194 Å². The lowest BCUT2D eigenvalue weighted by molar-refractivity contribution is 0.0415. The number of carbonyl (C=O) groups excluding carboxylic acids is 1. The van der Waals surface area contributed by atoms with Gasteiger partial charge >= 0.3 is 6.16 Å². The molecule has 0 amide bonds. The molecular weight excluding hydrogens is 438 g/mol. The average molecular weight is 459 g/mol. The SMILES string of the molecule is O=C(O)OC1CCN(c2nccnc2Oc2ccc(C(=O)c3nc4ccccc4[nH]3)cc2)CC1. The number of benzene rings is 2. The standard InChI is InChI=1S/C24H21N5O5/c30-20(21-27-18-3-1-2-4-19(18)28-21)15-5-7-16(8-6-15)33-23-22(25-11-12-26-23)29-13-9-17(10-14-29)34-24(31)32/h1-8,11-12,17H,9-10,13-14H2,(H,27,28)(H,31,32). The third kappa shape index (κ3) is 4.51. The molecule has 2 N–H and O–H groups in total. The number of H-pyrrole nitrogens is 1. The van der Waals surface area contributed by atoms with E-state index in [1.54, 1.807) is 36.7 Å². The molecule has 0 bridgehead atoms. The lowest BCUT2D eigenvalue weighted by atomic mass is 10.1. The second-order valence-corrected chi connectivity index (χ2v) is 7.81. The van der Waals surface area contributed by atoms with Crippen molar-refractivity contribution in [2.75, 3.05) is 18.0 Å². The van der Waals surface area contributed by atoms with E-state index in [0.717, 1.165) is 11.0 Å². The number of nitrogens with one attached hydrogen (secondary N) is 1. The number of hydrogen-bond donors (Lipinski definition) is 2. The first-order chi connectivity index (χ1) is 16.6. The highest BCUT2D eigenvalue weighted by Gasteiger charge is 2.25. The average Bonchev–Trinajstić information content (AvgIpc) is 3.29. The Hall–Kier alpha value is -4.47. The fourth-order valence-corrected chi connectivity index (χ4v) is 3.92. The Bertz CT molecular complexity index is 1300. The highest BCUT2D eigenvalue weighted by atomic mass is 16.7. The van der Waals surface area contributed by atoms with Crippen LogP contribution in [0, 0.1) is 0 Å². The lowest BCUT2D eigenvalue weighted by Gasteiger charge is -2.32. The maximum absolute atomic E-state index is 12.8. The third-order valence-electron chi connectivity index (χ3n) is 5.59. The number of ether oxygens (including phenoxy) is 2. The van der Waals surface area contributed by atoms with Gasteiger partial charge in [-0.25, -0.2) is 19.7 Å². The van der Waals surface area contributed by atoms with Crippen LogP contribution in [0.25, 0.3) is 11.0 Å². The number of ketones is 1. The Morgan fingerprint density at radius 2 is 1.74 bits per heavy atom. The zero-order valence-electron chi connectivity index (χ0n) is 18.0. The summed E-state index contributed by atoms with van der Waals surface area (Å²) >= 11 is 0. The van der Waals surface area contributed by atoms with Crippen molar-refractivity contribution in [3.8, 4) is 11.6 Å².